The average Bonchev–Trinajstić information content (AvgIpc) is 3.95. The van der Waals surface area contributed by atoms with Crippen molar-refractivity contribution >= 4 is 66.6 Å². The second-order valence-electron chi connectivity index (χ2n) is 18.2. The van der Waals surface area contributed by atoms with Gasteiger partial charge in [-0.25, -0.2) is 0 Å². The Labute approximate surface area is 368 Å². The summed E-state index contributed by atoms with van der Waals surface area (Å²) >= 11 is 1.98. The van der Waals surface area contributed by atoms with E-state index in [1.54, 1.807) is 5.56 Å². The van der Waals surface area contributed by atoms with Crippen LogP contribution in [0.1, 0.15) is 70.9 Å². The minimum Gasteiger partial charge on any atom is -0.333 e. The van der Waals surface area contributed by atoms with Crippen molar-refractivity contribution in [3.63, 3.8) is 0 Å². The highest BCUT2D eigenvalue weighted by molar-refractivity contribution is 7.20. The summed E-state index contributed by atoms with van der Waals surface area (Å²) in [5, 5.41) is 4.10. The van der Waals surface area contributed by atoms with E-state index in [4.69, 9.17) is 0 Å². The van der Waals surface area contributed by atoms with Crippen LogP contribution in [0.4, 0.5) is 22.7 Å². The summed E-state index contributed by atoms with van der Waals surface area (Å²) in [6.45, 7) is 4.85. The summed E-state index contributed by atoms with van der Waals surface area (Å²) < 4.78 is 1.41. The highest BCUT2D eigenvalue weighted by Crippen LogP contribution is 2.56. The van der Waals surface area contributed by atoms with E-state index in [-0.39, 0.29) is 17.4 Å². The molecule has 0 saturated heterocycles. The first-order chi connectivity index (χ1) is 30.5. The molecule has 1 aliphatic heterocycles. The van der Waals surface area contributed by atoms with Crippen LogP contribution >= 0.6 is 11.3 Å². The van der Waals surface area contributed by atoms with Crippen LogP contribution in [0.25, 0.3) is 43.6 Å². The van der Waals surface area contributed by atoms with Crippen molar-refractivity contribution in [2.45, 2.75) is 50.5 Å². The fourth-order valence-electron chi connectivity index (χ4n) is 11.7. The maximum atomic E-state index is 2.63. The van der Waals surface area contributed by atoms with Gasteiger partial charge in [0.05, 0.1) is 6.04 Å². The first kappa shape index (κ1) is 36.0. The Morgan fingerprint density at radius 3 is 2.31 bits per heavy atom. The number of hydrogen-bond donors (Lipinski definition) is 0. The Morgan fingerprint density at radius 2 is 1.44 bits per heavy atom. The van der Waals surface area contributed by atoms with Gasteiger partial charge in [-0.3, -0.25) is 0 Å². The molecule has 1 aromatic heterocycles. The Bertz CT molecular complexity index is 3280. The molecule has 8 aromatic rings. The molecule has 0 radical (unpaired) electrons. The molecule has 7 aromatic carbocycles. The Balaban J connectivity index is 0.861. The summed E-state index contributed by atoms with van der Waals surface area (Å²) in [6.07, 6.45) is 17.9. The number of allylic oxidation sites excluding steroid dienone is 5. The smallest absolute Gasteiger partial charge is 0.0636 e. The van der Waals surface area contributed by atoms with Crippen molar-refractivity contribution in [3.8, 4) is 11.1 Å². The fourth-order valence-corrected chi connectivity index (χ4v) is 13.0. The zero-order valence-electron chi connectivity index (χ0n) is 35.1. The van der Waals surface area contributed by atoms with Crippen molar-refractivity contribution < 1.29 is 0 Å². The molecule has 2 heterocycles. The third-order valence-corrected chi connectivity index (χ3v) is 15.9. The lowest BCUT2D eigenvalue weighted by Gasteiger charge is -2.32. The first-order valence-corrected chi connectivity index (χ1v) is 23.1. The predicted molar refractivity (Wildman–Crippen MR) is 263 cm³/mol. The molecule has 4 aliphatic carbocycles. The summed E-state index contributed by atoms with van der Waals surface area (Å²) in [6, 6.07) is 57.2. The van der Waals surface area contributed by atoms with Gasteiger partial charge in [0.2, 0.25) is 0 Å². The van der Waals surface area contributed by atoms with Gasteiger partial charge in [-0.05, 0) is 140 Å². The highest BCUT2D eigenvalue weighted by Gasteiger charge is 2.44. The molecule has 2 nitrogen and oxygen atoms in total. The van der Waals surface area contributed by atoms with E-state index in [0.717, 1.165) is 19.3 Å². The van der Waals surface area contributed by atoms with Gasteiger partial charge in [0, 0.05) is 55.3 Å². The molecule has 13 rings (SSSR count). The Hall–Kier alpha value is -6.68. The maximum absolute atomic E-state index is 2.63. The monoisotopic (exact) mass is 814 g/mol. The van der Waals surface area contributed by atoms with Crippen LogP contribution in [0.5, 0.6) is 0 Å². The second-order valence-corrected chi connectivity index (χ2v) is 19.3. The molecule has 3 unspecified atom stereocenters. The van der Waals surface area contributed by atoms with Crippen LogP contribution in [0, 0.1) is 5.92 Å². The van der Waals surface area contributed by atoms with Gasteiger partial charge >= 0.3 is 0 Å². The van der Waals surface area contributed by atoms with Crippen LogP contribution in [0.3, 0.4) is 0 Å². The van der Waals surface area contributed by atoms with E-state index in [1.807, 2.05) is 11.3 Å². The minimum absolute atomic E-state index is 0.194. The fraction of sp³-hybridized carbons (Fsp3) is 0.153. The number of hydrogen-bond acceptors (Lipinski definition) is 3. The lowest BCUT2D eigenvalue weighted by atomic mass is 9.79. The van der Waals surface area contributed by atoms with Crippen LogP contribution in [-0.2, 0) is 11.8 Å². The molecule has 0 saturated carbocycles. The SMILES string of the molecule is CC1(C)c2cc(N(C3=CCC(C4=CCCc5c4sc4ccccc54)C=C3)c3ccccc3)ccc2-c2ccc(N3c4ccc5ccccc5c4C4c5ccccc5C=CC43)cc21. The van der Waals surface area contributed by atoms with Crippen molar-refractivity contribution in [2.24, 2.45) is 5.92 Å². The molecule has 0 spiro atoms. The summed E-state index contributed by atoms with van der Waals surface area (Å²) in [5.74, 6) is 0.634. The summed E-state index contributed by atoms with van der Waals surface area (Å²) in [7, 11) is 0. The lowest BCUT2D eigenvalue weighted by molar-refractivity contribution is 0.659. The minimum atomic E-state index is -0.198. The summed E-state index contributed by atoms with van der Waals surface area (Å²) in [4.78, 5) is 6.59. The van der Waals surface area contributed by atoms with Crippen molar-refractivity contribution in [1.29, 1.82) is 0 Å². The zero-order valence-corrected chi connectivity index (χ0v) is 35.9. The number of benzene rings is 7. The van der Waals surface area contributed by atoms with Crippen molar-refractivity contribution in [1.82, 2.24) is 0 Å². The normalized spacial score (nSPS) is 19.9. The zero-order chi connectivity index (χ0) is 41.1. The molecule has 5 aliphatic rings. The third kappa shape index (κ3) is 5.28. The molecular weight excluding hydrogens is 769 g/mol. The highest BCUT2D eigenvalue weighted by atomic mass is 32.1. The standard InChI is InChI=1S/C59H46N2S/c1-59(2)51-35-42(60(40-15-4-3-5-16-40)41-27-23-39(24-28-41)46-20-12-21-50-49-19-10-11-22-55(49)62-58(46)50)29-31-47(51)48-32-30-43(36-52(48)59)61-53-33-25-37-13-6-8-17-44(37)56(53)57-45-18-9-7-14-38(45)26-34-54(57)61/h3-11,13-20,22-23,25-36,39,53,56H,12,21,24H2,1-2H3. The van der Waals surface area contributed by atoms with Crippen LogP contribution < -0.4 is 9.80 Å². The van der Waals surface area contributed by atoms with Gasteiger partial charge in [-0.1, -0.05) is 147 Å². The quantitative estimate of drug-likeness (QED) is 0.171. The number of nitrogens with zero attached hydrogens (tertiary/aromatic N) is 2. The molecule has 62 heavy (non-hydrogen) atoms. The predicted octanol–water partition coefficient (Wildman–Crippen LogP) is 15.7. The first-order valence-electron chi connectivity index (χ1n) is 22.3. The van der Waals surface area contributed by atoms with Crippen LogP contribution in [-0.4, -0.2) is 6.04 Å². The Kier molecular flexibility index (Phi) is 7.94. The van der Waals surface area contributed by atoms with Gasteiger partial charge in [-0.2, -0.15) is 0 Å². The molecule has 3 atom stereocenters. The van der Waals surface area contributed by atoms with E-state index >= 15 is 0 Å². The van der Waals surface area contributed by atoms with E-state index in [1.165, 1.54) is 98.7 Å². The summed E-state index contributed by atoms with van der Waals surface area (Å²) in [5.41, 5.74) is 18.7. The van der Waals surface area contributed by atoms with Crippen molar-refractivity contribution in [2.75, 3.05) is 9.80 Å². The molecule has 0 N–H and O–H groups in total. The van der Waals surface area contributed by atoms with Gasteiger partial charge < -0.3 is 9.80 Å². The van der Waals surface area contributed by atoms with Gasteiger partial charge in [0.15, 0.2) is 0 Å². The largest absolute Gasteiger partial charge is 0.333 e. The molecule has 0 fully saturated rings. The van der Waals surface area contributed by atoms with Gasteiger partial charge in [0.1, 0.15) is 0 Å². The topological polar surface area (TPSA) is 6.48 Å². The van der Waals surface area contributed by atoms with Gasteiger partial charge in [-0.15, -0.1) is 11.3 Å². The molecule has 0 bridgehead atoms. The second kappa shape index (κ2) is 13.7. The van der Waals surface area contributed by atoms with E-state index in [9.17, 15) is 0 Å². The number of anilines is 4. The van der Waals surface area contributed by atoms with Gasteiger partial charge in [0.25, 0.3) is 0 Å². The third-order valence-electron chi connectivity index (χ3n) is 14.6. The maximum Gasteiger partial charge on any atom is 0.0636 e. The van der Waals surface area contributed by atoms with Crippen molar-refractivity contribution in [3.05, 3.63) is 226 Å². The number of fused-ring (bicyclic) bond motifs is 13. The molecule has 0 amide bonds. The number of rotatable bonds is 5. The lowest BCUT2D eigenvalue weighted by Crippen LogP contribution is -2.30. The number of aryl methyl sites for hydroxylation is 1. The average molecular weight is 815 g/mol. The number of para-hydroxylation sites is 1. The van der Waals surface area contributed by atoms with E-state index < -0.39 is 0 Å². The Morgan fingerprint density at radius 1 is 0.661 bits per heavy atom. The molecule has 298 valence electrons. The van der Waals surface area contributed by atoms with Crippen LogP contribution in [0.2, 0.25) is 0 Å². The van der Waals surface area contributed by atoms with Crippen LogP contribution in [0.15, 0.2) is 188 Å². The number of thiophene rings is 1. The van der Waals surface area contributed by atoms with E-state index in [0.29, 0.717) is 5.92 Å². The molecular formula is C59H46N2S. The van der Waals surface area contributed by atoms with E-state index in [2.05, 4.69) is 212 Å². The molecule has 3 heteroatoms.